The van der Waals surface area contributed by atoms with Gasteiger partial charge in [0.05, 0.1) is 6.54 Å². The third kappa shape index (κ3) is 4.08. The van der Waals surface area contributed by atoms with Gasteiger partial charge in [-0.2, -0.15) is 0 Å². The van der Waals surface area contributed by atoms with Crippen molar-refractivity contribution in [3.05, 3.63) is 66.1 Å². The summed E-state index contributed by atoms with van der Waals surface area (Å²) in [5.41, 5.74) is 1.83. The lowest BCUT2D eigenvalue weighted by Gasteiger charge is -2.21. The van der Waals surface area contributed by atoms with Crippen LogP contribution in [0.2, 0.25) is 0 Å². The second-order valence-corrected chi connectivity index (χ2v) is 6.09. The third-order valence-electron chi connectivity index (χ3n) is 3.98. The van der Waals surface area contributed by atoms with Gasteiger partial charge >= 0.3 is 0 Å². The maximum atomic E-state index is 12.6. The summed E-state index contributed by atoms with van der Waals surface area (Å²) in [6.07, 6.45) is -0.613. The van der Waals surface area contributed by atoms with Crippen molar-refractivity contribution in [2.75, 3.05) is 7.05 Å². The van der Waals surface area contributed by atoms with Crippen molar-refractivity contribution in [1.82, 2.24) is 15.1 Å². The van der Waals surface area contributed by atoms with E-state index in [0.29, 0.717) is 17.5 Å². The van der Waals surface area contributed by atoms with Crippen LogP contribution in [0.5, 0.6) is 5.75 Å². The number of ether oxygens (including phenoxy) is 1. The molecular formula is C20H21N3O3. The summed E-state index contributed by atoms with van der Waals surface area (Å²) >= 11 is 0. The van der Waals surface area contributed by atoms with E-state index in [1.54, 1.807) is 14.0 Å². The second kappa shape index (κ2) is 7.82. The number of hydrogen-bond acceptors (Lipinski definition) is 5. The lowest BCUT2D eigenvalue weighted by molar-refractivity contribution is -0.137. The molecule has 0 unspecified atom stereocenters. The van der Waals surface area contributed by atoms with Crippen molar-refractivity contribution < 1.29 is 13.9 Å². The van der Waals surface area contributed by atoms with Crippen LogP contribution in [0.15, 0.2) is 59.0 Å². The first-order chi connectivity index (χ1) is 12.5. The number of aromatic nitrogens is 2. The topological polar surface area (TPSA) is 68.5 Å². The van der Waals surface area contributed by atoms with Crippen LogP contribution in [0.4, 0.5) is 0 Å². The lowest BCUT2D eigenvalue weighted by atomic mass is 10.2. The summed E-state index contributed by atoms with van der Waals surface area (Å²) < 4.78 is 11.4. The lowest BCUT2D eigenvalue weighted by Crippen LogP contribution is -2.37. The van der Waals surface area contributed by atoms with Gasteiger partial charge in [-0.3, -0.25) is 4.79 Å². The molecule has 0 aliphatic heterocycles. The largest absolute Gasteiger partial charge is 0.481 e. The zero-order valence-corrected chi connectivity index (χ0v) is 15.0. The summed E-state index contributed by atoms with van der Waals surface area (Å²) in [4.78, 5) is 14.1. The number of benzene rings is 2. The predicted octanol–water partition coefficient (Wildman–Crippen LogP) is 3.47. The minimum atomic E-state index is -0.613. The van der Waals surface area contributed by atoms with E-state index in [9.17, 15) is 4.79 Å². The first-order valence-electron chi connectivity index (χ1n) is 8.39. The van der Waals surface area contributed by atoms with E-state index in [2.05, 4.69) is 10.2 Å². The molecule has 3 aromatic rings. The monoisotopic (exact) mass is 351 g/mol. The third-order valence-corrected chi connectivity index (χ3v) is 3.98. The van der Waals surface area contributed by atoms with Crippen molar-refractivity contribution in [3.8, 4) is 17.2 Å². The molecule has 1 atom stereocenters. The molecule has 0 spiro atoms. The fraction of sp³-hybridized carbons (Fsp3) is 0.250. The Morgan fingerprint density at radius 3 is 2.54 bits per heavy atom. The Morgan fingerprint density at radius 2 is 1.81 bits per heavy atom. The van der Waals surface area contributed by atoms with Gasteiger partial charge < -0.3 is 14.1 Å². The number of rotatable bonds is 6. The number of aryl methyl sites for hydroxylation is 1. The molecule has 6 nitrogen and oxygen atoms in total. The van der Waals surface area contributed by atoms with Crippen LogP contribution >= 0.6 is 0 Å². The van der Waals surface area contributed by atoms with E-state index in [4.69, 9.17) is 9.15 Å². The van der Waals surface area contributed by atoms with Crippen LogP contribution in [0.3, 0.4) is 0 Å². The highest BCUT2D eigenvalue weighted by Crippen LogP contribution is 2.20. The Hall–Kier alpha value is -3.15. The average Bonchev–Trinajstić information content (AvgIpc) is 3.12. The molecule has 0 saturated carbocycles. The summed E-state index contributed by atoms with van der Waals surface area (Å²) in [6.45, 7) is 3.90. The predicted molar refractivity (Wildman–Crippen MR) is 97.5 cm³/mol. The zero-order chi connectivity index (χ0) is 18.5. The van der Waals surface area contributed by atoms with E-state index in [1.807, 2.05) is 61.5 Å². The first-order valence-corrected chi connectivity index (χ1v) is 8.39. The van der Waals surface area contributed by atoms with Gasteiger partial charge in [0.2, 0.25) is 11.8 Å². The molecule has 3 rings (SSSR count). The number of para-hydroxylation sites is 1. The van der Waals surface area contributed by atoms with Crippen molar-refractivity contribution in [3.63, 3.8) is 0 Å². The smallest absolute Gasteiger partial charge is 0.263 e. The molecule has 1 amide bonds. The minimum Gasteiger partial charge on any atom is -0.481 e. The van der Waals surface area contributed by atoms with Crippen molar-refractivity contribution in [1.29, 1.82) is 0 Å². The molecule has 0 radical (unpaired) electrons. The van der Waals surface area contributed by atoms with Crippen LogP contribution < -0.4 is 4.74 Å². The number of carbonyl (C=O) groups is 1. The summed E-state index contributed by atoms with van der Waals surface area (Å²) in [7, 11) is 1.69. The van der Waals surface area contributed by atoms with Crippen LogP contribution in [-0.2, 0) is 11.3 Å². The van der Waals surface area contributed by atoms with Gasteiger partial charge in [-0.15, -0.1) is 10.2 Å². The summed E-state index contributed by atoms with van der Waals surface area (Å²) in [5.74, 6) is 1.35. The average molecular weight is 351 g/mol. The molecule has 0 saturated heterocycles. The second-order valence-electron chi connectivity index (χ2n) is 6.09. The fourth-order valence-electron chi connectivity index (χ4n) is 2.54. The maximum Gasteiger partial charge on any atom is 0.263 e. The highest BCUT2D eigenvalue weighted by Gasteiger charge is 2.21. The van der Waals surface area contributed by atoms with Gasteiger partial charge in [0.1, 0.15) is 5.75 Å². The number of nitrogens with zero attached hydrogens (tertiary/aromatic N) is 3. The molecule has 26 heavy (non-hydrogen) atoms. The molecule has 0 aliphatic carbocycles. The Bertz CT molecular complexity index is 877. The Balaban J connectivity index is 1.62. The Kier molecular flexibility index (Phi) is 5.31. The Labute approximate surface area is 152 Å². The van der Waals surface area contributed by atoms with E-state index < -0.39 is 6.10 Å². The van der Waals surface area contributed by atoms with Crippen LogP contribution in [0.25, 0.3) is 11.5 Å². The van der Waals surface area contributed by atoms with Crippen LogP contribution in [0, 0.1) is 6.92 Å². The minimum absolute atomic E-state index is 0.160. The number of carbonyl (C=O) groups excluding carboxylic acids is 1. The molecule has 0 N–H and O–H groups in total. The maximum absolute atomic E-state index is 12.6. The van der Waals surface area contributed by atoms with E-state index in [-0.39, 0.29) is 12.5 Å². The molecule has 1 heterocycles. The van der Waals surface area contributed by atoms with Gasteiger partial charge in [-0.1, -0.05) is 36.4 Å². The van der Waals surface area contributed by atoms with E-state index in [0.717, 1.165) is 11.1 Å². The molecule has 134 valence electrons. The first kappa shape index (κ1) is 17.7. The zero-order valence-electron chi connectivity index (χ0n) is 15.0. The fourth-order valence-corrected chi connectivity index (χ4v) is 2.54. The number of hydrogen-bond donors (Lipinski definition) is 0. The van der Waals surface area contributed by atoms with Gasteiger partial charge in [-0.25, -0.2) is 0 Å². The molecule has 0 aliphatic rings. The SMILES string of the molecule is Cc1ccccc1O[C@H](C)C(=O)N(C)Cc1nnc(-c2ccccc2)o1. The molecule has 6 heteroatoms. The van der Waals surface area contributed by atoms with Crippen molar-refractivity contribution >= 4 is 5.91 Å². The molecule has 0 bridgehead atoms. The molecular weight excluding hydrogens is 330 g/mol. The summed E-state index contributed by atoms with van der Waals surface area (Å²) in [6, 6.07) is 17.1. The number of amides is 1. The van der Waals surface area contributed by atoms with Crippen molar-refractivity contribution in [2.24, 2.45) is 0 Å². The van der Waals surface area contributed by atoms with Gasteiger partial charge in [0.25, 0.3) is 5.91 Å². The highest BCUT2D eigenvalue weighted by atomic mass is 16.5. The Morgan fingerprint density at radius 1 is 1.12 bits per heavy atom. The van der Waals surface area contributed by atoms with Crippen molar-refractivity contribution in [2.45, 2.75) is 26.5 Å². The van der Waals surface area contributed by atoms with Crippen LogP contribution in [0.1, 0.15) is 18.4 Å². The quantitative estimate of drug-likeness (QED) is 0.680. The van der Waals surface area contributed by atoms with Gasteiger partial charge in [0.15, 0.2) is 6.10 Å². The highest BCUT2D eigenvalue weighted by molar-refractivity contribution is 5.80. The summed E-state index contributed by atoms with van der Waals surface area (Å²) in [5, 5.41) is 8.06. The van der Waals surface area contributed by atoms with Crippen LogP contribution in [-0.4, -0.2) is 34.2 Å². The van der Waals surface area contributed by atoms with Gasteiger partial charge in [0, 0.05) is 12.6 Å². The van der Waals surface area contributed by atoms with Gasteiger partial charge in [-0.05, 0) is 37.6 Å². The normalized spacial score (nSPS) is 11.8. The molecule has 0 fully saturated rings. The van der Waals surface area contributed by atoms with E-state index >= 15 is 0 Å². The molecule has 2 aromatic carbocycles. The number of likely N-dealkylation sites (N-methyl/N-ethyl adjacent to an activating group) is 1. The van der Waals surface area contributed by atoms with E-state index in [1.165, 1.54) is 4.90 Å². The molecule has 1 aromatic heterocycles. The standard InChI is InChI=1S/C20H21N3O3/c1-14-9-7-8-12-17(14)25-15(2)20(24)23(3)13-18-21-22-19(26-18)16-10-5-4-6-11-16/h4-12,15H,13H2,1-3H3/t15-/m1/s1.